The monoisotopic (exact) mass is 409 g/mol. The van der Waals surface area contributed by atoms with E-state index in [0.29, 0.717) is 30.8 Å². The van der Waals surface area contributed by atoms with Crippen molar-refractivity contribution in [3.8, 4) is 0 Å². The number of aryl methyl sites for hydroxylation is 3. The van der Waals surface area contributed by atoms with Gasteiger partial charge in [-0.05, 0) is 50.7 Å². The molecule has 1 atom stereocenters. The number of carbonyl (C=O) groups is 1. The van der Waals surface area contributed by atoms with Crippen LogP contribution in [0.3, 0.4) is 0 Å². The first-order chi connectivity index (χ1) is 14.0. The first-order valence-corrected chi connectivity index (χ1v) is 11.1. The summed E-state index contributed by atoms with van der Waals surface area (Å²) in [5, 5.41) is 0.690. The van der Waals surface area contributed by atoms with Gasteiger partial charge in [0, 0.05) is 30.4 Å². The van der Waals surface area contributed by atoms with Crippen molar-refractivity contribution in [2.75, 3.05) is 0 Å². The molecule has 0 bridgehead atoms. The SMILES string of the molecule is Cc1sc2ncn(CCC(=O)N(Cc3ccccc3)C(C)C3CC3)c(=O)c2c1C. The number of amides is 1. The maximum atomic E-state index is 13.1. The normalized spacial score (nSPS) is 14.9. The van der Waals surface area contributed by atoms with E-state index in [-0.39, 0.29) is 17.5 Å². The predicted octanol–water partition coefficient (Wildman–Crippen LogP) is 4.29. The van der Waals surface area contributed by atoms with E-state index in [1.807, 2.05) is 36.9 Å². The Morgan fingerprint density at radius 3 is 2.69 bits per heavy atom. The van der Waals surface area contributed by atoms with E-state index in [9.17, 15) is 9.59 Å². The van der Waals surface area contributed by atoms with Gasteiger partial charge >= 0.3 is 0 Å². The average molecular weight is 410 g/mol. The fraction of sp³-hybridized carbons (Fsp3) is 0.435. The number of fused-ring (bicyclic) bond motifs is 1. The first kappa shape index (κ1) is 19.8. The van der Waals surface area contributed by atoms with Crippen LogP contribution in [0.4, 0.5) is 0 Å². The highest BCUT2D eigenvalue weighted by Gasteiger charge is 2.34. The van der Waals surface area contributed by atoms with E-state index >= 15 is 0 Å². The molecule has 1 unspecified atom stereocenters. The second-order valence-corrected chi connectivity index (χ2v) is 9.24. The number of thiophene rings is 1. The highest BCUT2D eigenvalue weighted by Crippen LogP contribution is 2.36. The lowest BCUT2D eigenvalue weighted by Crippen LogP contribution is -2.40. The lowest BCUT2D eigenvalue weighted by Gasteiger charge is -2.30. The molecule has 0 saturated heterocycles. The molecule has 4 rings (SSSR count). The molecule has 3 aromatic rings. The van der Waals surface area contributed by atoms with Gasteiger partial charge in [-0.15, -0.1) is 11.3 Å². The van der Waals surface area contributed by atoms with E-state index in [1.165, 1.54) is 12.8 Å². The molecule has 1 aliphatic rings. The molecule has 152 valence electrons. The minimum Gasteiger partial charge on any atom is -0.335 e. The van der Waals surface area contributed by atoms with Crippen LogP contribution in [0.1, 0.15) is 42.2 Å². The second-order valence-electron chi connectivity index (χ2n) is 8.04. The second kappa shape index (κ2) is 8.11. The topological polar surface area (TPSA) is 55.2 Å². The Kier molecular flexibility index (Phi) is 5.54. The molecule has 0 aliphatic heterocycles. The van der Waals surface area contributed by atoms with Crippen LogP contribution in [0.15, 0.2) is 41.5 Å². The molecule has 1 aliphatic carbocycles. The summed E-state index contributed by atoms with van der Waals surface area (Å²) in [5.41, 5.74) is 2.09. The van der Waals surface area contributed by atoms with Crippen molar-refractivity contribution in [1.82, 2.24) is 14.5 Å². The molecule has 0 radical (unpaired) electrons. The standard InChI is InChI=1S/C23H27N3O2S/c1-15-17(3)29-22-21(15)23(28)25(14-24-22)12-11-20(27)26(16(2)19-9-10-19)13-18-7-5-4-6-8-18/h4-8,14,16,19H,9-13H2,1-3H3. The molecular formula is C23H27N3O2S. The summed E-state index contributed by atoms with van der Waals surface area (Å²) < 4.78 is 1.59. The lowest BCUT2D eigenvalue weighted by molar-refractivity contribution is -0.134. The van der Waals surface area contributed by atoms with Crippen LogP contribution in [0, 0.1) is 19.8 Å². The Bertz CT molecular complexity index is 1080. The zero-order valence-corrected chi connectivity index (χ0v) is 18.0. The van der Waals surface area contributed by atoms with Crippen LogP contribution in [-0.4, -0.2) is 26.4 Å². The molecule has 1 aromatic carbocycles. The predicted molar refractivity (Wildman–Crippen MR) is 117 cm³/mol. The van der Waals surface area contributed by atoms with E-state index in [0.717, 1.165) is 20.8 Å². The summed E-state index contributed by atoms with van der Waals surface area (Å²) in [6.07, 6.45) is 4.27. The van der Waals surface area contributed by atoms with Gasteiger partial charge in [-0.3, -0.25) is 14.2 Å². The smallest absolute Gasteiger partial charge is 0.262 e. The molecule has 2 heterocycles. The molecular weight excluding hydrogens is 382 g/mol. The maximum Gasteiger partial charge on any atom is 0.262 e. The third kappa shape index (κ3) is 4.13. The van der Waals surface area contributed by atoms with Gasteiger partial charge in [0.25, 0.3) is 5.56 Å². The summed E-state index contributed by atoms with van der Waals surface area (Å²) in [6.45, 7) is 7.10. The Morgan fingerprint density at radius 1 is 1.28 bits per heavy atom. The Balaban J connectivity index is 1.52. The Labute approximate surface area is 175 Å². The molecule has 1 amide bonds. The number of hydrogen-bond donors (Lipinski definition) is 0. The largest absolute Gasteiger partial charge is 0.335 e. The molecule has 1 saturated carbocycles. The van der Waals surface area contributed by atoms with Crippen molar-refractivity contribution >= 4 is 27.5 Å². The van der Waals surface area contributed by atoms with Crippen LogP contribution in [0.5, 0.6) is 0 Å². The third-order valence-electron chi connectivity index (χ3n) is 6.03. The molecule has 6 heteroatoms. The van der Waals surface area contributed by atoms with Gasteiger partial charge in [0.05, 0.1) is 11.7 Å². The van der Waals surface area contributed by atoms with Gasteiger partial charge in [-0.25, -0.2) is 4.98 Å². The number of nitrogens with zero attached hydrogens (tertiary/aromatic N) is 3. The highest BCUT2D eigenvalue weighted by atomic mass is 32.1. The van der Waals surface area contributed by atoms with Crippen molar-refractivity contribution < 1.29 is 4.79 Å². The minimum absolute atomic E-state index is 0.0468. The molecule has 0 N–H and O–H groups in total. The van der Waals surface area contributed by atoms with E-state index in [2.05, 4.69) is 24.0 Å². The van der Waals surface area contributed by atoms with Crippen LogP contribution >= 0.6 is 11.3 Å². The third-order valence-corrected chi connectivity index (χ3v) is 7.15. The van der Waals surface area contributed by atoms with Crippen molar-refractivity contribution in [2.24, 2.45) is 5.92 Å². The lowest BCUT2D eigenvalue weighted by atomic mass is 10.1. The van der Waals surface area contributed by atoms with Crippen molar-refractivity contribution in [2.45, 2.75) is 59.2 Å². The highest BCUT2D eigenvalue weighted by molar-refractivity contribution is 7.18. The van der Waals surface area contributed by atoms with Gasteiger partial charge in [-0.2, -0.15) is 0 Å². The zero-order chi connectivity index (χ0) is 20.5. The number of benzene rings is 1. The van der Waals surface area contributed by atoms with Crippen LogP contribution < -0.4 is 5.56 Å². The van der Waals surface area contributed by atoms with E-state index in [4.69, 9.17) is 0 Å². The number of aromatic nitrogens is 2. The summed E-state index contributed by atoms with van der Waals surface area (Å²) in [5.74, 6) is 0.693. The minimum atomic E-state index is -0.0468. The summed E-state index contributed by atoms with van der Waals surface area (Å²) in [4.78, 5) is 34.4. The molecule has 2 aromatic heterocycles. The van der Waals surface area contributed by atoms with E-state index in [1.54, 1.807) is 22.2 Å². The zero-order valence-electron chi connectivity index (χ0n) is 17.2. The molecule has 5 nitrogen and oxygen atoms in total. The van der Waals surface area contributed by atoms with E-state index < -0.39 is 0 Å². The maximum absolute atomic E-state index is 13.1. The number of hydrogen-bond acceptors (Lipinski definition) is 4. The summed E-state index contributed by atoms with van der Waals surface area (Å²) in [7, 11) is 0. The molecule has 0 spiro atoms. The Morgan fingerprint density at radius 2 is 2.00 bits per heavy atom. The van der Waals surface area contributed by atoms with Crippen LogP contribution in [0.25, 0.3) is 10.2 Å². The molecule has 29 heavy (non-hydrogen) atoms. The first-order valence-electron chi connectivity index (χ1n) is 10.2. The summed E-state index contributed by atoms with van der Waals surface area (Å²) >= 11 is 1.55. The molecule has 1 fully saturated rings. The van der Waals surface area contributed by atoms with Crippen LogP contribution in [-0.2, 0) is 17.9 Å². The van der Waals surface area contributed by atoms with Gasteiger partial charge in [-0.1, -0.05) is 30.3 Å². The van der Waals surface area contributed by atoms with Crippen molar-refractivity contribution in [1.29, 1.82) is 0 Å². The van der Waals surface area contributed by atoms with Gasteiger partial charge in [0.1, 0.15) is 4.83 Å². The number of rotatable bonds is 7. The number of carbonyl (C=O) groups excluding carboxylic acids is 1. The average Bonchev–Trinajstić information content (AvgIpc) is 3.52. The van der Waals surface area contributed by atoms with Gasteiger partial charge < -0.3 is 4.90 Å². The van der Waals surface area contributed by atoms with Crippen molar-refractivity contribution in [3.05, 3.63) is 63.0 Å². The fourth-order valence-electron chi connectivity index (χ4n) is 3.86. The van der Waals surface area contributed by atoms with Gasteiger partial charge in [0.15, 0.2) is 0 Å². The fourth-order valence-corrected chi connectivity index (χ4v) is 4.85. The van der Waals surface area contributed by atoms with Crippen molar-refractivity contribution in [3.63, 3.8) is 0 Å². The quantitative estimate of drug-likeness (QED) is 0.585. The summed E-state index contributed by atoms with van der Waals surface area (Å²) in [6, 6.07) is 10.3. The van der Waals surface area contributed by atoms with Gasteiger partial charge in [0.2, 0.25) is 5.91 Å². The Hall–Kier alpha value is -2.47. The van der Waals surface area contributed by atoms with Crippen LogP contribution in [0.2, 0.25) is 0 Å².